The fourth-order valence-electron chi connectivity index (χ4n) is 1.86. The molecule has 0 atom stereocenters. The molecule has 5 nitrogen and oxygen atoms in total. The number of amides is 1. The molecule has 0 aliphatic rings. The van der Waals surface area contributed by atoms with Crippen LogP contribution in [0.15, 0.2) is 29.3 Å². The number of hydrogen-bond acceptors (Lipinski definition) is 2. The maximum Gasteiger partial charge on any atom is 0.241 e. The van der Waals surface area contributed by atoms with Gasteiger partial charge in [-0.05, 0) is 18.9 Å². The highest BCUT2D eigenvalue weighted by atomic mass is 127. The van der Waals surface area contributed by atoms with E-state index in [0.717, 1.165) is 24.9 Å². The van der Waals surface area contributed by atoms with Gasteiger partial charge < -0.3 is 15.5 Å². The predicted octanol–water partition coefficient (Wildman–Crippen LogP) is 2.54. The van der Waals surface area contributed by atoms with Crippen LogP contribution in [0.2, 0.25) is 0 Å². The molecule has 0 aromatic heterocycles. The highest BCUT2D eigenvalue weighted by Crippen LogP contribution is 2.04. The van der Waals surface area contributed by atoms with Crippen molar-refractivity contribution in [3.8, 4) is 0 Å². The Morgan fingerprint density at radius 1 is 1.26 bits per heavy atom. The topological polar surface area (TPSA) is 56.7 Å². The maximum atomic E-state index is 11.7. The lowest BCUT2D eigenvalue weighted by molar-refractivity contribution is -0.127. The first-order valence-electron chi connectivity index (χ1n) is 7.80. The lowest BCUT2D eigenvalue weighted by Gasteiger charge is -2.15. The van der Waals surface area contributed by atoms with E-state index in [9.17, 15) is 4.79 Å². The molecular formula is C17H29IN4O. The van der Waals surface area contributed by atoms with Crippen LogP contribution in [0.25, 0.3) is 0 Å². The van der Waals surface area contributed by atoms with E-state index in [1.807, 2.05) is 6.07 Å². The van der Waals surface area contributed by atoms with Crippen LogP contribution in [-0.4, -0.2) is 44.0 Å². The van der Waals surface area contributed by atoms with Gasteiger partial charge in [0.1, 0.15) is 0 Å². The molecule has 23 heavy (non-hydrogen) atoms. The second-order valence-corrected chi connectivity index (χ2v) is 5.58. The number of nitrogens with one attached hydrogen (secondary N) is 2. The van der Waals surface area contributed by atoms with Crippen molar-refractivity contribution < 1.29 is 4.79 Å². The zero-order valence-corrected chi connectivity index (χ0v) is 16.9. The quantitative estimate of drug-likeness (QED) is 0.301. The first-order chi connectivity index (χ1) is 10.5. The molecule has 0 saturated carbocycles. The molecule has 0 aliphatic carbocycles. The van der Waals surface area contributed by atoms with Gasteiger partial charge in [-0.25, -0.2) is 4.99 Å². The number of hydrogen-bond donors (Lipinski definition) is 2. The summed E-state index contributed by atoms with van der Waals surface area (Å²) in [6.07, 6.45) is 2.20. The minimum atomic E-state index is 0. The first-order valence-corrected chi connectivity index (χ1v) is 7.80. The summed E-state index contributed by atoms with van der Waals surface area (Å²) < 4.78 is 0. The summed E-state index contributed by atoms with van der Waals surface area (Å²) >= 11 is 0. The fraction of sp³-hybridized carbons (Fsp3) is 0.529. The van der Waals surface area contributed by atoms with Gasteiger partial charge in [-0.1, -0.05) is 43.2 Å². The van der Waals surface area contributed by atoms with E-state index < -0.39 is 0 Å². The molecule has 0 heterocycles. The van der Waals surface area contributed by atoms with Crippen molar-refractivity contribution >= 4 is 35.8 Å². The third kappa shape index (κ3) is 9.43. The van der Waals surface area contributed by atoms with Gasteiger partial charge in [0.2, 0.25) is 5.91 Å². The van der Waals surface area contributed by atoms with E-state index in [1.54, 1.807) is 19.0 Å². The molecule has 0 bridgehead atoms. The summed E-state index contributed by atoms with van der Waals surface area (Å²) in [7, 11) is 3.50. The van der Waals surface area contributed by atoms with E-state index in [4.69, 9.17) is 0 Å². The van der Waals surface area contributed by atoms with Gasteiger partial charge in [-0.2, -0.15) is 0 Å². The number of rotatable bonds is 7. The molecule has 1 aromatic rings. The van der Waals surface area contributed by atoms with Crippen molar-refractivity contribution in [1.82, 2.24) is 15.5 Å². The third-order valence-corrected chi connectivity index (χ3v) is 3.23. The van der Waals surface area contributed by atoms with E-state index in [2.05, 4.69) is 47.7 Å². The third-order valence-electron chi connectivity index (χ3n) is 3.23. The molecule has 1 aromatic carbocycles. The SMILES string of the molecule is CCCCNC(=NCc1cccc(C)c1)NCC(=O)N(C)C.I. The first kappa shape index (κ1) is 21.7. The van der Waals surface area contributed by atoms with Crippen LogP contribution in [-0.2, 0) is 11.3 Å². The number of guanidine groups is 1. The van der Waals surface area contributed by atoms with Gasteiger partial charge in [0.25, 0.3) is 0 Å². The predicted molar refractivity (Wildman–Crippen MR) is 107 cm³/mol. The van der Waals surface area contributed by atoms with E-state index in [0.29, 0.717) is 12.5 Å². The molecule has 0 fully saturated rings. The number of aliphatic imine (C=N–C) groups is 1. The standard InChI is InChI=1S/C17H28N4O.HI/c1-5-6-10-18-17(20-13-16(22)21(3)4)19-12-15-9-7-8-14(2)11-15;/h7-9,11H,5-6,10,12-13H2,1-4H3,(H2,18,19,20);1H. The molecule has 0 unspecified atom stereocenters. The molecule has 0 aliphatic heterocycles. The monoisotopic (exact) mass is 432 g/mol. The average molecular weight is 432 g/mol. The van der Waals surface area contributed by atoms with Crippen molar-refractivity contribution in [2.45, 2.75) is 33.2 Å². The molecule has 6 heteroatoms. The Morgan fingerprint density at radius 2 is 2.00 bits per heavy atom. The van der Waals surface area contributed by atoms with Crippen LogP contribution >= 0.6 is 24.0 Å². The van der Waals surface area contributed by atoms with Gasteiger partial charge in [-0.15, -0.1) is 24.0 Å². The molecule has 0 saturated heterocycles. The summed E-state index contributed by atoms with van der Waals surface area (Å²) in [5.41, 5.74) is 2.39. The van der Waals surface area contributed by atoms with Crippen LogP contribution in [0.5, 0.6) is 0 Å². The Morgan fingerprint density at radius 3 is 2.61 bits per heavy atom. The summed E-state index contributed by atoms with van der Waals surface area (Å²) in [6.45, 7) is 5.92. The lowest BCUT2D eigenvalue weighted by Crippen LogP contribution is -2.43. The van der Waals surface area contributed by atoms with Gasteiger partial charge in [-0.3, -0.25) is 4.79 Å². The smallest absolute Gasteiger partial charge is 0.241 e. The number of aryl methyl sites for hydroxylation is 1. The molecule has 1 amide bonds. The van der Waals surface area contributed by atoms with Crippen molar-refractivity contribution in [2.75, 3.05) is 27.2 Å². The van der Waals surface area contributed by atoms with Crippen molar-refractivity contribution in [3.63, 3.8) is 0 Å². The van der Waals surface area contributed by atoms with Crippen LogP contribution in [0.3, 0.4) is 0 Å². The second-order valence-electron chi connectivity index (χ2n) is 5.58. The number of halogens is 1. The van der Waals surface area contributed by atoms with Gasteiger partial charge in [0.15, 0.2) is 5.96 Å². The maximum absolute atomic E-state index is 11.7. The number of carbonyl (C=O) groups excluding carboxylic acids is 1. The number of carbonyl (C=O) groups is 1. The van der Waals surface area contributed by atoms with E-state index >= 15 is 0 Å². The zero-order chi connectivity index (χ0) is 16.4. The van der Waals surface area contributed by atoms with Crippen LogP contribution in [0.1, 0.15) is 30.9 Å². The number of nitrogens with zero attached hydrogens (tertiary/aromatic N) is 2. The summed E-state index contributed by atoms with van der Waals surface area (Å²) in [6, 6.07) is 8.29. The Bertz CT molecular complexity index is 503. The summed E-state index contributed by atoms with van der Waals surface area (Å²) in [5.74, 6) is 0.714. The van der Waals surface area contributed by atoms with Crippen molar-refractivity contribution in [1.29, 1.82) is 0 Å². The molecule has 1 rings (SSSR count). The Balaban J connectivity index is 0.00000484. The Kier molecular flexibility index (Phi) is 11.5. The minimum Gasteiger partial charge on any atom is -0.356 e. The summed E-state index contributed by atoms with van der Waals surface area (Å²) in [5, 5.41) is 6.36. The number of unbranched alkanes of at least 4 members (excludes halogenated alkanes) is 1. The van der Waals surface area contributed by atoms with E-state index in [1.165, 1.54) is 5.56 Å². The largest absolute Gasteiger partial charge is 0.356 e. The normalized spacial score (nSPS) is 10.7. The Labute approximate surface area is 157 Å². The van der Waals surface area contributed by atoms with Crippen LogP contribution in [0.4, 0.5) is 0 Å². The summed E-state index contributed by atoms with van der Waals surface area (Å²) in [4.78, 5) is 17.8. The van der Waals surface area contributed by atoms with E-state index in [-0.39, 0.29) is 36.4 Å². The fourth-order valence-corrected chi connectivity index (χ4v) is 1.86. The minimum absolute atomic E-state index is 0. The molecule has 0 radical (unpaired) electrons. The second kappa shape index (κ2) is 12.2. The van der Waals surface area contributed by atoms with Crippen molar-refractivity contribution in [2.24, 2.45) is 4.99 Å². The van der Waals surface area contributed by atoms with Crippen LogP contribution in [0, 0.1) is 6.92 Å². The molecule has 0 spiro atoms. The molecule has 130 valence electrons. The van der Waals surface area contributed by atoms with Crippen molar-refractivity contribution in [3.05, 3.63) is 35.4 Å². The van der Waals surface area contributed by atoms with Crippen LogP contribution < -0.4 is 10.6 Å². The number of benzene rings is 1. The highest BCUT2D eigenvalue weighted by molar-refractivity contribution is 14.0. The average Bonchev–Trinajstić information content (AvgIpc) is 2.49. The molecule has 2 N–H and O–H groups in total. The zero-order valence-electron chi connectivity index (χ0n) is 14.6. The Hall–Kier alpha value is -1.31. The number of likely N-dealkylation sites (N-methyl/N-ethyl adjacent to an activating group) is 1. The van der Waals surface area contributed by atoms with Gasteiger partial charge >= 0.3 is 0 Å². The highest BCUT2D eigenvalue weighted by Gasteiger charge is 2.05. The van der Waals surface area contributed by atoms with Gasteiger partial charge in [0.05, 0.1) is 13.1 Å². The lowest BCUT2D eigenvalue weighted by atomic mass is 10.1. The molecular weight excluding hydrogens is 403 g/mol. The van der Waals surface area contributed by atoms with Gasteiger partial charge in [0, 0.05) is 20.6 Å².